The van der Waals surface area contributed by atoms with Gasteiger partial charge >= 0.3 is 0 Å². The molecule has 2 aromatic carbocycles. The zero-order valence-corrected chi connectivity index (χ0v) is 15.4. The molecular formula is C21H20ClN3O. The highest BCUT2D eigenvalue weighted by atomic mass is 35.5. The molecule has 0 amide bonds. The second-order valence-electron chi connectivity index (χ2n) is 6.72. The first-order valence-electron chi connectivity index (χ1n) is 8.71. The molecule has 0 unspecified atom stereocenters. The van der Waals surface area contributed by atoms with Crippen LogP contribution in [0.1, 0.15) is 22.4 Å². The third-order valence-corrected chi connectivity index (χ3v) is 5.08. The Labute approximate surface area is 158 Å². The molecule has 0 aliphatic carbocycles. The highest BCUT2D eigenvalue weighted by Crippen LogP contribution is 2.26. The van der Waals surface area contributed by atoms with Gasteiger partial charge in [0, 0.05) is 54.0 Å². The van der Waals surface area contributed by atoms with Crippen molar-refractivity contribution in [3.05, 3.63) is 76.1 Å². The normalized spacial score (nSPS) is 14.2. The van der Waals surface area contributed by atoms with Crippen LogP contribution in [0, 0.1) is 6.92 Å². The number of rotatable bonds is 3. The summed E-state index contributed by atoms with van der Waals surface area (Å²) in [7, 11) is 0. The number of halogens is 1. The summed E-state index contributed by atoms with van der Waals surface area (Å²) < 4.78 is 0. The monoisotopic (exact) mass is 365 g/mol. The summed E-state index contributed by atoms with van der Waals surface area (Å²) in [5.41, 5.74) is 5.11. The number of aryl methyl sites for hydroxylation is 1. The molecule has 1 aliphatic heterocycles. The molecule has 26 heavy (non-hydrogen) atoms. The highest BCUT2D eigenvalue weighted by Gasteiger charge is 2.20. The molecule has 0 saturated carbocycles. The fourth-order valence-electron chi connectivity index (χ4n) is 3.34. The molecule has 0 spiro atoms. The Morgan fingerprint density at radius 3 is 2.77 bits per heavy atom. The van der Waals surface area contributed by atoms with Gasteiger partial charge in [-0.25, -0.2) is 9.97 Å². The summed E-state index contributed by atoms with van der Waals surface area (Å²) in [6, 6.07) is 13.5. The smallest absolute Gasteiger partial charge is 0.159 e. The van der Waals surface area contributed by atoms with Crippen LogP contribution in [0.25, 0.3) is 11.4 Å². The highest BCUT2D eigenvalue weighted by molar-refractivity contribution is 6.30. The summed E-state index contributed by atoms with van der Waals surface area (Å²) in [6.45, 7) is 4.36. The van der Waals surface area contributed by atoms with Crippen LogP contribution in [0.15, 0.2) is 48.7 Å². The number of aromatic hydroxyl groups is 1. The maximum absolute atomic E-state index is 10.2. The van der Waals surface area contributed by atoms with Crippen molar-refractivity contribution in [3.63, 3.8) is 0 Å². The van der Waals surface area contributed by atoms with E-state index >= 15 is 0 Å². The lowest BCUT2D eigenvalue weighted by Gasteiger charge is -2.28. The quantitative estimate of drug-likeness (QED) is 0.748. The summed E-state index contributed by atoms with van der Waals surface area (Å²) in [5.74, 6) is 1.14. The molecule has 0 radical (unpaired) electrons. The molecule has 1 aliphatic rings. The SMILES string of the molecule is Cc1cccc(CN2CCc3nc(-c4ccc(Cl)cc4)ncc3C2)c1O. The predicted molar refractivity (Wildman–Crippen MR) is 103 cm³/mol. The van der Waals surface area contributed by atoms with Gasteiger partial charge in [-0.15, -0.1) is 0 Å². The van der Waals surface area contributed by atoms with Gasteiger partial charge in [-0.05, 0) is 36.8 Å². The number of nitrogens with zero attached hydrogens (tertiary/aromatic N) is 3. The minimum Gasteiger partial charge on any atom is -0.507 e. The van der Waals surface area contributed by atoms with Crippen molar-refractivity contribution in [2.24, 2.45) is 0 Å². The Morgan fingerprint density at radius 1 is 1.15 bits per heavy atom. The molecule has 0 saturated heterocycles. The van der Waals surface area contributed by atoms with Crippen molar-refractivity contribution in [1.82, 2.24) is 14.9 Å². The molecule has 0 atom stereocenters. The van der Waals surface area contributed by atoms with E-state index in [1.165, 1.54) is 0 Å². The van der Waals surface area contributed by atoms with Crippen LogP contribution in [-0.2, 0) is 19.5 Å². The number of phenolic OH excluding ortho intramolecular Hbond substituents is 1. The second-order valence-corrected chi connectivity index (χ2v) is 7.15. The fraction of sp³-hybridized carbons (Fsp3) is 0.238. The van der Waals surface area contributed by atoms with Crippen LogP contribution < -0.4 is 0 Å². The van der Waals surface area contributed by atoms with Gasteiger partial charge < -0.3 is 5.11 Å². The van der Waals surface area contributed by atoms with E-state index in [9.17, 15) is 5.11 Å². The van der Waals surface area contributed by atoms with Crippen molar-refractivity contribution in [2.75, 3.05) is 6.54 Å². The van der Waals surface area contributed by atoms with Gasteiger partial charge in [-0.2, -0.15) is 0 Å². The Kier molecular flexibility index (Phi) is 4.62. The third kappa shape index (κ3) is 3.43. The van der Waals surface area contributed by atoms with Gasteiger partial charge in [0.2, 0.25) is 0 Å². The molecule has 1 N–H and O–H groups in total. The van der Waals surface area contributed by atoms with Gasteiger partial charge in [-0.1, -0.05) is 29.8 Å². The Balaban J connectivity index is 1.52. The zero-order valence-electron chi connectivity index (χ0n) is 14.6. The lowest BCUT2D eigenvalue weighted by Crippen LogP contribution is -2.31. The molecule has 2 heterocycles. The Morgan fingerprint density at radius 2 is 1.96 bits per heavy atom. The van der Waals surface area contributed by atoms with E-state index in [0.717, 1.165) is 59.8 Å². The first-order valence-corrected chi connectivity index (χ1v) is 9.08. The van der Waals surface area contributed by atoms with Gasteiger partial charge in [-0.3, -0.25) is 4.90 Å². The number of aromatic nitrogens is 2. The topological polar surface area (TPSA) is 49.2 Å². The minimum atomic E-state index is 0.396. The van der Waals surface area contributed by atoms with Crippen LogP contribution in [0.5, 0.6) is 5.75 Å². The van der Waals surface area contributed by atoms with Crippen molar-refractivity contribution in [1.29, 1.82) is 0 Å². The molecular weight excluding hydrogens is 346 g/mol. The lowest BCUT2D eigenvalue weighted by atomic mass is 10.0. The lowest BCUT2D eigenvalue weighted by molar-refractivity contribution is 0.239. The zero-order chi connectivity index (χ0) is 18.1. The predicted octanol–water partition coefficient (Wildman–Crippen LogP) is 4.37. The molecule has 4 nitrogen and oxygen atoms in total. The van der Waals surface area contributed by atoms with Crippen LogP contribution >= 0.6 is 11.6 Å². The maximum Gasteiger partial charge on any atom is 0.159 e. The van der Waals surface area contributed by atoms with Crippen LogP contribution in [0.3, 0.4) is 0 Å². The standard InChI is InChI=1S/C21H20ClN3O/c1-14-3-2-4-16(20(14)26)12-25-10-9-19-17(13-25)11-23-21(24-19)15-5-7-18(22)8-6-15/h2-8,11,26H,9-10,12-13H2,1H3. The van der Waals surface area contributed by atoms with Gasteiger partial charge in [0.1, 0.15) is 5.75 Å². The van der Waals surface area contributed by atoms with Crippen LogP contribution in [0.2, 0.25) is 5.02 Å². The summed E-state index contributed by atoms with van der Waals surface area (Å²) in [6.07, 6.45) is 2.81. The summed E-state index contributed by atoms with van der Waals surface area (Å²) in [4.78, 5) is 11.6. The number of phenols is 1. The average molecular weight is 366 g/mol. The number of benzene rings is 2. The van der Waals surface area contributed by atoms with Crippen LogP contribution in [-0.4, -0.2) is 26.5 Å². The number of hydrogen-bond donors (Lipinski definition) is 1. The molecule has 0 fully saturated rings. The van der Waals surface area contributed by atoms with E-state index in [1.807, 2.05) is 55.6 Å². The molecule has 132 valence electrons. The first-order chi connectivity index (χ1) is 12.6. The average Bonchev–Trinajstić information content (AvgIpc) is 2.66. The van der Waals surface area contributed by atoms with E-state index < -0.39 is 0 Å². The van der Waals surface area contributed by atoms with E-state index in [4.69, 9.17) is 16.6 Å². The van der Waals surface area contributed by atoms with Crippen LogP contribution in [0.4, 0.5) is 0 Å². The van der Waals surface area contributed by atoms with Gasteiger partial charge in [0.25, 0.3) is 0 Å². The summed E-state index contributed by atoms with van der Waals surface area (Å²) >= 11 is 5.95. The second kappa shape index (κ2) is 7.06. The fourth-order valence-corrected chi connectivity index (χ4v) is 3.46. The van der Waals surface area contributed by atoms with E-state index in [1.54, 1.807) is 0 Å². The van der Waals surface area contributed by atoms with Gasteiger partial charge in [0.05, 0.1) is 5.69 Å². The Bertz CT molecular complexity index is 940. The summed E-state index contributed by atoms with van der Waals surface area (Å²) in [5, 5.41) is 11.0. The first kappa shape index (κ1) is 17.0. The van der Waals surface area contributed by atoms with E-state index in [0.29, 0.717) is 10.8 Å². The minimum absolute atomic E-state index is 0.396. The largest absolute Gasteiger partial charge is 0.507 e. The number of fused-ring (bicyclic) bond motifs is 1. The van der Waals surface area contributed by atoms with Crippen molar-refractivity contribution >= 4 is 11.6 Å². The van der Waals surface area contributed by atoms with Crippen molar-refractivity contribution in [3.8, 4) is 17.1 Å². The number of hydrogen-bond acceptors (Lipinski definition) is 4. The molecule has 4 rings (SSSR count). The van der Waals surface area contributed by atoms with Gasteiger partial charge in [0.15, 0.2) is 5.82 Å². The van der Waals surface area contributed by atoms with Crippen molar-refractivity contribution in [2.45, 2.75) is 26.4 Å². The number of para-hydroxylation sites is 1. The molecule has 5 heteroatoms. The van der Waals surface area contributed by atoms with Crippen molar-refractivity contribution < 1.29 is 5.11 Å². The maximum atomic E-state index is 10.2. The van der Waals surface area contributed by atoms with E-state index in [-0.39, 0.29) is 0 Å². The molecule has 0 bridgehead atoms. The Hall–Kier alpha value is -2.43. The molecule has 3 aromatic rings. The van der Waals surface area contributed by atoms with E-state index in [2.05, 4.69) is 9.88 Å². The molecule has 1 aromatic heterocycles. The third-order valence-electron chi connectivity index (χ3n) is 4.83.